The summed E-state index contributed by atoms with van der Waals surface area (Å²) >= 11 is 0. The zero-order valence-electron chi connectivity index (χ0n) is 13.0. The second-order valence-corrected chi connectivity index (χ2v) is 6.04. The first-order valence-electron chi connectivity index (χ1n) is 6.92. The number of ether oxygens (including phenoxy) is 1. The van der Waals surface area contributed by atoms with Crippen LogP contribution in [0, 0.1) is 5.41 Å². The van der Waals surface area contributed by atoms with Gasteiger partial charge >= 0.3 is 12.1 Å². The van der Waals surface area contributed by atoms with E-state index < -0.39 is 35.7 Å². The van der Waals surface area contributed by atoms with Gasteiger partial charge in [-0.2, -0.15) is 0 Å². The van der Waals surface area contributed by atoms with Crippen LogP contribution in [0.15, 0.2) is 30.3 Å². The lowest BCUT2D eigenvalue weighted by atomic mass is 9.83. The molecule has 0 aliphatic heterocycles. The molecule has 1 atom stereocenters. The van der Waals surface area contributed by atoms with Gasteiger partial charge in [0.2, 0.25) is 0 Å². The minimum absolute atomic E-state index is 0.0800. The van der Waals surface area contributed by atoms with Gasteiger partial charge in [-0.3, -0.25) is 9.59 Å². The number of amides is 1. The summed E-state index contributed by atoms with van der Waals surface area (Å²) in [5.74, 6) is -1.78. The second kappa shape index (κ2) is 7.59. The van der Waals surface area contributed by atoms with Crippen molar-refractivity contribution in [2.75, 3.05) is 0 Å². The molecule has 0 heterocycles. The molecule has 6 nitrogen and oxygen atoms in total. The van der Waals surface area contributed by atoms with E-state index >= 15 is 0 Å². The summed E-state index contributed by atoms with van der Waals surface area (Å²) in [6.45, 7) is 5.31. The van der Waals surface area contributed by atoms with Gasteiger partial charge in [0.05, 0.1) is 6.04 Å². The van der Waals surface area contributed by atoms with Crippen molar-refractivity contribution in [1.29, 1.82) is 0 Å². The van der Waals surface area contributed by atoms with Gasteiger partial charge in [0, 0.05) is 0 Å². The van der Waals surface area contributed by atoms with Crippen LogP contribution in [0.1, 0.15) is 32.8 Å². The van der Waals surface area contributed by atoms with Crippen molar-refractivity contribution in [3.63, 3.8) is 0 Å². The lowest BCUT2D eigenvalue weighted by Crippen LogP contribution is -2.49. The fourth-order valence-electron chi connectivity index (χ4n) is 1.91. The smallest absolute Gasteiger partial charge is 0.408 e. The molecule has 1 rings (SSSR count). The maximum absolute atomic E-state index is 12.0. The first kappa shape index (κ1) is 17.7. The van der Waals surface area contributed by atoms with E-state index in [1.807, 2.05) is 30.3 Å². The molecule has 0 aliphatic rings. The predicted octanol–water partition coefficient (Wildman–Crippen LogP) is 2.37. The first-order valence-corrected chi connectivity index (χ1v) is 6.92. The molecular formula is C16H21NO5. The average molecular weight is 307 g/mol. The molecule has 1 aromatic rings. The lowest BCUT2D eigenvalue weighted by Gasteiger charge is -2.29. The molecule has 2 N–H and O–H groups in total. The Balaban J connectivity index is 2.63. The summed E-state index contributed by atoms with van der Waals surface area (Å²) in [5, 5.41) is 11.2. The molecule has 0 saturated carbocycles. The van der Waals surface area contributed by atoms with Crippen LogP contribution < -0.4 is 5.32 Å². The number of alkyl carbamates (subject to hydrolysis) is 1. The van der Waals surface area contributed by atoms with E-state index in [1.165, 1.54) is 0 Å². The van der Waals surface area contributed by atoms with Crippen molar-refractivity contribution < 1.29 is 24.2 Å². The highest BCUT2D eigenvalue weighted by Gasteiger charge is 2.33. The molecule has 0 fully saturated rings. The lowest BCUT2D eigenvalue weighted by molar-refractivity contribution is -0.141. The molecule has 1 amide bonds. The van der Waals surface area contributed by atoms with Crippen molar-refractivity contribution >= 4 is 17.8 Å². The molecule has 1 aromatic carbocycles. The Labute approximate surface area is 129 Å². The Hall–Kier alpha value is -2.37. The van der Waals surface area contributed by atoms with E-state index in [0.717, 1.165) is 5.56 Å². The van der Waals surface area contributed by atoms with Gasteiger partial charge in [0.25, 0.3) is 0 Å². The standard InChI is InChI=1S/C16H21NO5/c1-16(2,3)14(12(18)9-13(19)20)17-15(21)22-10-11-7-5-4-6-8-11/h4-8,14H,9-10H2,1-3H3,(H,17,21)(H,19,20). The number of Topliss-reactive ketones (excluding diaryl/α,β-unsaturated/α-hetero) is 1. The highest BCUT2D eigenvalue weighted by molar-refractivity contribution is 5.99. The Bertz CT molecular complexity index is 533. The topological polar surface area (TPSA) is 92.7 Å². The second-order valence-electron chi connectivity index (χ2n) is 6.04. The number of hydrogen-bond donors (Lipinski definition) is 2. The van der Waals surface area contributed by atoms with E-state index in [0.29, 0.717) is 0 Å². The summed E-state index contributed by atoms with van der Waals surface area (Å²) in [6, 6.07) is 8.19. The van der Waals surface area contributed by atoms with Crippen LogP contribution in [0.25, 0.3) is 0 Å². The van der Waals surface area contributed by atoms with Gasteiger partial charge in [-0.25, -0.2) is 4.79 Å². The number of nitrogens with one attached hydrogen (secondary N) is 1. The van der Waals surface area contributed by atoms with Crippen LogP contribution >= 0.6 is 0 Å². The number of carbonyl (C=O) groups excluding carboxylic acids is 2. The molecule has 0 radical (unpaired) electrons. The Morgan fingerprint density at radius 3 is 2.27 bits per heavy atom. The Kier molecular flexibility index (Phi) is 6.10. The zero-order chi connectivity index (χ0) is 16.8. The van der Waals surface area contributed by atoms with E-state index in [1.54, 1.807) is 20.8 Å². The fraction of sp³-hybridized carbons (Fsp3) is 0.438. The van der Waals surface area contributed by atoms with Crippen molar-refractivity contribution in [2.45, 2.75) is 39.8 Å². The van der Waals surface area contributed by atoms with Crippen LogP contribution in [-0.2, 0) is 20.9 Å². The third kappa shape index (κ3) is 5.95. The summed E-state index contributed by atoms with van der Waals surface area (Å²) in [4.78, 5) is 34.5. The quantitative estimate of drug-likeness (QED) is 0.787. The molecule has 120 valence electrons. The maximum atomic E-state index is 12.0. The van der Waals surface area contributed by atoms with Crippen molar-refractivity contribution in [2.24, 2.45) is 5.41 Å². The highest BCUT2D eigenvalue weighted by Crippen LogP contribution is 2.21. The number of carboxylic acid groups (broad SMARTS) is 1. The normalized spacial score (nSPS) is 12.3. The summed E-state index contributed by atoms with van der Waals surface area (Å²) in [5.41, 5.74) is 0.208. The largest absolute Gasteiger partial charge is 0.481 e. The van der Waals surface area contributed by atoms with Crippen LogP contribution in [0.2, 0.25) is 0 Å². The van der Waals surface area contributed by atoms with E-state index in [9.17, 15) is 14.4 Å². The van der Waals surface area contributed by atoms with E-state index in [2.05, 4.69) is 5.32 Å². The first-order chi connectivity index (χ1) is 10.2. The Morgan fingerprint density at radius 2 is 1.77 bits per heavy atom. The minimum atomic E-state index is -1.22. The van der Waals surface area contributed by atoms with E-state index in [-0.39, 0.29) is 6.61 Å². The van der Waals surface area contributed by atoms with Crippen molar-refractivity contribution in [3.05, 3.63) is 35.9 Å². The number of carboxylic acids is 1. The zero-order valence-corrected chi connectivity index (χ0v) is 13.0. The van der Waals surface area contributed by atoms with Crippen molar-refractivity contribution in [3.8, 4) is 0 Å². The van der Waals surface area contributed by atoms with Gasteiger partial charge < -0.3 is 15.2 Å². The summed E-state index contributed by atoms with van der Waals surface area (Å²) in [6.07, 6.45) is -1.39. The molecule has 0 spiro atoms. The van der Waals surface area contributed by atoms with Gasteiger partial charge in [-0.05, 0) is 11.0 Å². The average Bonchev–Trinajstić information content (AvgIpc) is 2.41. The van der Waals surface area contributed by atoms with Gasteiger partial charge in [0.15, 0.2) is 5.78 Å². The third-order valence-corrected chi connectivity index (χ3v) is 2.99. The van der Waals surface area contributed by atoms with E-state index in [4.69, 9.17) is 9.84 Å². The number of benzene rings is 1. The van der Waals surface area contributed by atoms with Crippen LogP contribution in [-0.4, -0.2) is 29.0 Å². The molecule has 0 bridgehead atoms. The van der Waals surface area contributed by atoms with Gasteiger partial charge in [-0.1, -0.05) is 51.1 Å². The fourth-order valence-corrected chi connectivity index (χ4v) is 1.91. The highest BCUT2D eigenvalue weighted by atomic mass is 16.5. The number of ketones is 1. The number of carbonyl (C=O) groups is 3. The molecular weight excluding hydrogens is 286 g/mol. The molecule has 0 aliphatic carbocycles. The third-order valence-electron chi connectivity index (χ3n) is 2.99. The van der Waals surface area contributed by atoms with Crippen LogP contribution in [0.3, 0.4) is 0 Å². The molecule has 1 unspecified atom stereocenters. The van der Waals surface area contributed by atoms with Gasteiger partial charge in [-0.15, -0.1) is 0 Å². The number of rotatable bonds is 6. The predicted molar refractivity (Wildman–Crippen MR) is 80.3 cm³/mol. The minimum Gasteiger partial charge on any atom is -0.481 e. The SMILES string of the molecule is CC(C)(C)C(NC(=O)OCc1ccccc1)C(=O)CC(=O)O. The molecule has 6 heteroatoms. The molecule has 22 heavy (non-hydrogen) atoms. The molecule has 0 saturated heterocycles. The van der Waals surface area contributed by atoms with Crippen LogP contribution in [0.4, 0.5) is 4.79 Å². The maximum Gasteiger partial charge on any atom is 0.408 e. The number of hydrogen-bond acceptors (Lipinski definition) is 4. The Morgan fingerprint density at radius 1 is 1.18 bits per heavy atom. The van der Waals surface area contributed by atoms with Crippen molar-refractivity contribution in [1.82, 2.24) is 5.32 Å². The number of aliphatic carboxylic acids is 1. The van der Waals surface area contributed by atoms with Crippen LogP contribution in [0.5, 0.6) is 0 Å². The summed E-state index contributed by atoms with van der Waals surface area (Å²) in [7, 11) is 0. The van der Waals surface area contributed by atoms with Gasteiger partial charge in [0.1, 0.15) is 13.0 Å². The summed E-state index contributed by atoms with van der Waals surface area (Å²) < 4.78 is 5.06. The monoisotopic (exact) mass is 307 g/mol. The molecule has 0 aromatic heterocycles.